The second-order valence-corrected chi connectivity index (χ2v) is 5.00. The van der Waals surface area contributed by atoms with Crippen molar-refractivity contribution in [2.75, 3.05) is 14.2 Å². The fourth-order valence-corrected chi connectivity index (χ4v) is 3.48. The number of rotatable bonds is 2. The van der Waals surface area contributed by atoms with Crippen molar-refractivity contribution < 1.29 is 14.6 Å². The Balaban J connectivity index is 2.10. The van der Waals surface area contributed by atoms with Crippen LogP contribution in [-0.4, -0.2) is 36.0 Å². The maximum atomic E-state index is 9.64. The highest BCUT2D eigenvalue weighted by Gasteiger charge is 2.62. The highest BCUT2D eigenvalue weighted by molar-refractivity contribution is 9.09. The van der Waals surface area contributed by atoms with Gasteiger partial charge in [0.25, 0.3) is 0 Å². The van der Waals surface area contributed by atoms with Gasteiger partial charge in [0.15, 0.2) is 5.79 Å². The summed E-state index contributed by atoms with van der Waals surface area (Å²) in [6.45, 7) is 0. The molecule has 0 aromatic heterocycles. The number of hydrogen-bond donors (Lipinski definition) is 1. The third-order valence-electron chi connectivity index (χ3n) is 3.57. The fraction of sp³-hybridized carbons (Fsp3) is 1.00. The van der Waals surface area contributed by atoms with E-state index in [0.29, 0.717) is 11.8 Å². The second kappa shape index (κ2) is 3.19. The molecule has 13 heavy (non-hydrogen) atoms. The molecule has 2 aliphatic rings. The molecule has 4 heteroatoms. The van der Waals surface area contributed by atoms with E-state index in [1.54, 1.807) is 14.2 Å². The van der Waals surface area contributed by atoms with E-state index in [0.717, 1.165) is 12.8 Å². The number of ether oxygens (including phenoxy) is 2. The first-order valence-corrected chi connectivity index (χ1v) is 5.48. The van der Waals surface area contributed by atoms with E-state index < -0.39 is 5.79 Å². The molecular formula is C9H15BrO3. The number of fused-ring (bicyclic) bond motifs is 1. The summed E-state index contributed by atoms with van der Waals surface area (Å²) < 4.78 is 10.8. The van der Waals surface area contributed by atoms with Gasteiger partial charge in [-0.15, -0.1) is 0 Å². The normalized spacial score (nSPS) is 47.1. The molecule has 2 aliphatic carbocycles. The van der Waals surface area contributed by atoms with Crippen molar-refractivity contribution in [3.05, 3.63) is 0 Å². The van der Waals surface area contributed by atoms with Crippen LogP contribution in [0.3, 0.4) is 0 Å². The Morgan fingerprint density at radius 3 is 2.46 bits per heavy atom. The number of hydrogen-bond acceptors (Lipinski definition) is 3. The van der Waals surface area contributed by atoms with Gasteiger partial charge >= 0.3 is 0 Å². The third kappa shape index (κ3) is 1.19. The van der Waals surface area contributed by atoms with Crippen LogP contribution in [0.5, 0.6) is 0 Å². The van der Waals surface area contributed by atoms with E-state index in [1.165, 1.54) is 0 Å². The van der Waals surface area contributed by atoms with Gasteiger partial charge in [-0.2, -0.15) is 0 Å². The van der Waals surface area contributed by atoms with Crippen molar-refractivity contribution in [1.82, 2.24) is 0 Å². The summed E-state index contributed by atoms with van der Waals surface area (Å²) in [4.78, 5) is 0.218. The summed E-state index contributed by atoms with van der Waals surface area (Å²) in [5, 5.41) is 9.64. The molecule has 4 atom stereocenters. The predicted molar refractivity (Wildman–Crippen MR) is 51.7 cm³/mol. The lowest BCUT2D eigenvalue weighted by Gasteiger charge is -2.50. The lowest BCUT2D eigenvalue weighted by atomic mass is 9.70. The first-order chi connectivity index (χ1) is 6.14. The van der Waals surface area contributed by atoms with Crippen molar-refractivity contribution in [3.8, 4) is 0 Å². The van der Waals surface area contributed by atoms with Gasteiger partial charge in [0, 0.05) is 31.4 Å². The molecule has 1 N–H and O–H groups in total. The van der Waals surface area contributed by atoms with E-state index in [9.17, 15) is 5.11 Å². The van der Waals surface area contributed by atoms with Crippen LogP contribution >= 0.6 is 15.9 Å². The average Bonchev–Trinajstić information content (AvgIpc) is 2.33. The highest BCUT2D eigenvalue weighted by atomic mass is 79.9. The van der Waals surface area contributed by atoms with E-state index in [2.05, 4.69) is 15.9 Å². The maximum absolute atomic E-state index is 9.64. The van der Waals surface area contributed by atoms with Gasteiger partial charge in [0.2, 0.25) is 0 Å². The quantitative estimate of drug-likeness (QED) is 0.590. The van der Waals surface area contributed by atoms with Crippen molar-refractivity contribution in [3.63, 3.8) is 0 Å². The molecular weight excluding hydrogens is 236 g/mol. The summed E-state index contributed by atoms with van der Waals surface area (Å²) in [6.07, 6.45) is 1.42. The summed E-state index contributed by atoms with van der Waals surface area (Å²) in [5.41, 5.74) is 0. The van der Waals surface area contributed by atoms with E-state index in [1.807, 2.05) is 0 Å². The first-order valence-electron chi connectivity index (χ1n) is 4.57. The zero-order chi connectivity index (χ0) is 9.64. The Hall–Kier alpha value is 0.360. The minimum absolute atomic E-state index is 0.218. The zero-order valence-corrected chi connectivity index (χ0v) is 9.45. The van der Waals surface area contributed by atoms with Gasteiger partial charge in [0.05, 0.1) is 6.10 Å². The van der Waals surface area contributed by atoms with Crippen LogP contribution in [0.4, 0.5) is 0 Å². The number of alkyl halides is 1. The molecule has 0 saturated heterocycles. The SMILES string of the molecule is COC1(OC)CC2C(Br)C(O)CC21. The molecule has 0 amide bonds. The maximum Gasteiger partial charge on any atom is 0.171 e. The van der Waals surface area contributed by atoms with Gasteiger partial charge in [-0.3, -0.25) is 0 Å². The molecule has 0 aliphatic heterocycles. The second-order valence-electron chi connectivity index (χ2n) is 3.94. The molecule has 2 rings (SSSR count). The summed E-state index contributed by atoms with van der Waals surface area (Å²) in [7, 11) is 3.35. The lowest BCUT2D eigenvalue weighted by Crippen LogP contribution is -2.55. The van der Waals surface area contributed by atoms with Crippen molar-refractivity contribution >= 4 is 15.9 Å². The molecule has 0 heterocycles. The van der Waals surface area contributed by atoms with Crippen LogP contribution in [0.2, 0.25) is 0 Å². The molecule has 0 spiro atoms. The van der Waals surface area contributed by atoms with Gasteiger partial charge < -0.3 is 14.6 Å². The Kier molecular flexibility index (Phi) is 2.43. The summed E-state index contributed by atoms with van der Waals surface area (Å²) in [5.74, 6) is 0.436. The van der Waals surface area contributed by atoms with Gasteiger partial charge in [-0.25, -0.2) is 0 Å². The minimum atomic E-state index is -0.422. The molecule has 0 radical (unpaired) electrons. The Labute approximate surface area is 86.5 Å². The standard InChI is InChI=1S/C9H15BrO3/c1-12-9(13-2)4-5-6(9)3-7(11)8(5)10/h5-8,11H,3-4H2,1-2H3. The predicted octanol–water partition coefficient (Wildman–Crippen LogP) is 1.14. The first kappa shape index (κ1) is 9.90. The van der Waals surface area contributed by atoms with Crippen LogP contribution < -0.4 is 0 Å². The highest BCUT2D eigenvalue weighted by Crippen LogP contribution is 2.57. The number of aliphatic hydroxyl groups excluding tert-OH is 1. The van der Waals surface area contributed by atoms with Gasteiger partial charge in [0.1, 0.15) is 0 Å². The van der Waals surface area contributed by atoms with Crippen molar-refractivity contribution in [1.29, 1.82) is 0 Å². The van der Waals surface area contributed by atoms with E-state index in [4.69, 9.17) is 9.47 Å². The van der Waals surface area contributed by atoms with Crippen LogP contribution in [0.1, 0.15) is 12.8 Å². The number of aliphatic hydroxyl groups is 1. The van der Waals surface area contributed by atoms with E-state index >= 15 is 0 Å². The largest absolute Gasteiger partial charge is 0.392 e. The summed E-state index contributed by atoms with van der Waals surface area (Å²) in [6, 6.07) is 0. The smallest absolute Gasteiger partial charge is 0.171 e. The molecule has 3 nitrogen and oxygen atoms in total. The molecule has 4 unspecified atom stereocenters. The molecule has 2 fully saturated rings. The van der Waals surface area contributed by atoms with Gasteiger partial charge in [-0.05, 0) is 12.3 Å². The van der Waals surface area contributed by atoms with E-state index in [-0.39, 0.29) is 10.9 Å². The van der Waals surface area contributed by atoms with Crippen LogP contribution in [0.25, 0.3) is 0 Å². The Bertz CT molecular complexity index is 205. The Morgan fingerprint density at radius 1 is 1.38 bits per heavy atom. The van der Waals surface area contributed by atoms with Crippen LogP contribution in [0, 0.1) is 11.8 Å². The topological polar surface area (TPSA) is 38.7 Å². The minimum Gasteiger partial charge on any atom is -0.392 e. The van der Waals surface area contributed by atoms with Gasteiger partial charge in [-0.1, -0.05) is 15.9 Å². The summed E-state index contributed by atoms with van der Waals surface area (Å²) >= 11 is 3.51. The zero-order valence-electron chi connectivity index (χ0n) is 7.87. The molecule has 76 valence electrons. The molecule has 2 saturated carbocycles. The monoisotopic (exact) mass is 250 g/mol. The molecule has 0 aromatic rings. The lowest BCUT2D eigenvalue weighted by molar-refractivity contribution is -0.302. The number of halogens is 1. The fourth-order valence-electron chi connectivity index (χ4n) is 2.70. The average molecular weight is 251 g/mol. The molecule has 0 bridgehead atoms. The van der Waals surface area contributed by atoms with Crippen LogP contribution in [0.15, 0.2) is 0 Å². The Morgan fingerprint density at radius 2 is 2.00 bits per heavy atom. The van der Waals surface area contributed by atoms with Crippen LogP contribution in [-0.2, 0) is 9.47 Å². The number of methoxy groups -OCH3 is 2. The van der Waals surface area contributed by atoms with Crippen molar-refractivity contribution in [2.24, 2.45) is 11.8 Å². The molecule has 0 aromatic carbocycles. The van der Waals surface area contributed by atoms with Crippen molar-refractivity contribution in [2.45, 2.75) is 29.6 Å². The third-order valence-corrected chi connectivity index (χ3v) is 4.85.